The Morgan fingerprint density at radius 2 is 0.236 bits per heavy atom. The molecule has 0 aromatic rings. The van der Waals surface area contributed by atoms with Gasteiger partial charge in [0.2, 0.25) is 0 Å². The minimum atomic E-state index is -0.0890. The molecule has 0 fully saturated rings. The van der Waals surface area contributed by atoms with Crippen LogP contribution in [0.3, 0.4) is 0 Å². The van der Waals surface area contributed by atoms with Crippen LogP contribution < -0.4 is 0 Å². The number of rotatable bonds is 119. The maximum Gasteiger partial charge on any atom is 0.104 e. The zero-order valence-corrected chi connectivity index (χ0v) is 77.3. The Kier molecular flexibility index (Phi) is 117. The fourth-order valence-corrected chi connectivity index (χ4v) is 10.8. The van der Waals surface area contributed by atoms with Crippen LogP contribution in [0.25, 0.3) is 0 Å². The highest BCUT2D eigenvalue weighted by Gasteiger charge is 2.12. The Balaban J connectivity index is 3.28. The molecule has 0 aromatic carbocycles. The van der Waals surface area contributed by atoms with Gasteiger partial charge in [0, 0.05) is 13.2 Å². The molecule has 0 atom stereocenters. The minimum Gasteiger partial charge on any atom is -0.394 e. The summed E-state index contributed by atoms with van der Waals surface area (Å²) >= 11 is 0. The van der Waals surface area contributed by atoms with Gasteiger partial charge in [0.15, 0.2) is 0 Å². The third kappa shape index (κ3) is 117. The Morgan fingerprint density at radius 1 is 0.122 bits per heavy atom. The van der Waals surface area contributed by atoms with Gasteiger partial charge in [0.05, 0.1) is 423 Å². The highest BCUT2D eigenvalue weighted by atomic mass is 16.6. The first-order valence-corrected chi connectivity index (χ1v) is 47.0. The first-order valence-electron chi connectivity index (χ1n) is 47.0. The lowest BCUT2D eigenvalue weighted by Gasteiger charge is -2.18. The minimum absolute atomic E-state index is 0.0160. The predicted molar refractivity (Wildman–Crippen MR) is 467 cm³/mol. The smallest absolute Gasteiger partial charge is 0.104 e. The van der Waals surface area contributed by atoms with Crippen molar-refractivity contribution in [2.75, 3.05) is 436 Å². The van der Waals surface area contributed by atoms with Gasteiger partial charge in [-0.3, -0.25) is 0 Å². The molecule has 740 valence electrons. The van der Waals surface area contributed by atoms with E-state index in [1.807, 2.05) is 0 Å². The molecule has 0 unspecified atom stereocenters. The van der Waals surface area contributed by atoms with Gasteiger partial charge in [0.25, 0.3) is 0 Å². The number of aliphatic hydroxyl groups is 1. The van der Waals surface area contributed by atoms with Crippen molar-refractivity contribution >= 4 is 0 Å². The summed E-state index contributed by atoms with van der Waals surface area (Å²) in [6.45, 7) is 36.6. The highest BCUT2D eigenvalue weighted by Crippen LogP contribution is 2.13. The SMILES string of the molecule is CCCCCCCCCCCCOCC(COCCCCCCCCCCCC)OCCOCCOCCOCCOCCOCCOCCOCCOCCOCCOCCOCCOCCOCCOCCOCCOCCOCCOCCOCCOCCOCCOCCOCCOCCOCCOCCOCCOCCOCCOCCO. The molecular weight excluding hydrogens is 1610 g/mol. The van der Waals surface area contributed by atoms with Gasteiger partial charge in [0.1, 0.15) is 6.10 Å². The molecule has 0 amide bonds. The summed E-state index contributed by atoms with van der Waals surface area (Å²) in [6, 6.07) is 0. The van der Waals surface area contributed by atoms with Gasteiger partial charge in [-0.1, -0.05) is 129 Å². The normalized spacial score (nSPS) is 11.9. The summed E-state index contributed by atoms with van der Waals surface area (Å²) in [5.74, 6) is 0. The lowest BCUT2D eigenvalue weighted by molar-refractivity contribution is -0.0770. The van der Waals surface area contributed by atoms with Crippen LogP contribution in [0, 0.1) is 0 Å². The van der Waals surface area contributed by atoms with E-state index in [0.29, 0.717) is 416 Å². The molecule has 0 spiro atoms. The lowest BCUT2D eigenvalue weighted by Crippen LogP contribution is -2.28. The van der Waals surface area contributed by atoms with Crippen molar-refractivity contribution in [2.24, 2.45) is 0 Å². The third-order valence-corrected chi connectivity index (χ3v) is 17.5. The Labute approximate surface area is 742 Å². The topological polar surface area (TPSA) is 325 Å². The molecule has 0 saturated carbocycles. The Morgan fingerprint density at radius 3 is 0.366 bits per heavy atom. The number of unbranched alkanes of at least 4 members (excludes halogenated alkanes) is 18. The van der Waals surface area contributed by atoms with Crippen molar-refractivity contribution in [3.8, 4) is 0 Å². The molecule has 34 heteroatoms. The molecule has 0 heterocycles. The Hall–Kier alpha value is -1.36. The summed E-state index contributed by atoms with van der Waals surface area (Å²) in [5, 5.41) is 8.63. The molecule has 0 bridgehead atoms. The summed E-state index contributed by atoms with van der Waals surface area (Å²) < 4.78 is 184. The van der Waals surface area contributed by atoms with Gasteiger partial charge in [-0.15, -0.1) is 0 Å². The van der Waals surface area contributed by atoms with Gasteiger partial charge in [-0.2, -0.15) is 0 Å². The van der Waals surface area contributed by atoms with Crippen LogP contribution in [0.2, 0.25) is 0 Å². The van der Waals surface area contributed by atoms with Gasteiger partial charge in [-0.05, 0) is 12.8 Å². The van der Waals surface area contributed by atoms with E-state index >= 15 is 0 Å². The van der Waals surface area contributed by atoms with Gasteiger partial charge < -0.3 is 161 Å². The van der Waals surface area contributed by atoms with E-state index in [1.165, 1.54) is 116 Å². The maximum absolute atomic E-state index is 8.63. The Bertz CT molecular complexity index is 1770. The van der Waals surface area contributed by atoms with E-state index < -0.39 is 0 Å². The summed E-state index contributed by atoms with van der Waals surface area (Å²) in [4.78, 5) is 0. The molecule has 0 aliphatic heterocycles. The summed E-state index contributed by atoms with van der Waals surface area (Å²) in [7, 11) is 0. The number of ether oxygens (including phenoxy) is 33. The molecule has 0 saturated heterocycles. The molecule has 0 radical (unpaired) electrons. The monoisotopic (exact) mass is 1790 g/mol. The number of aliphatic hydroxyl groups excluding tert-OH is 1. The quantitative estimate of drug-likeness (QED) is 0.0556. The first-order chi connectivity index (χ1) is 61.3. The molecule has 123 heavy (non-hydrogen) atoms. The van der Waals surface area contributed by atoms with Crippen molar-refractivity contribution in [3.05, 3.63) is 0 Å². The second kappa shape index (κ2) is 119. The molecule has 0 aliphatic rings. The second-order valence-electron chi connectivity index (χ2n) is 28.1. The lowest BCUT2D eigenvalue weighted by atomic mass is 10.1. The van der Waals surface area contributed by atoms with Crippen molar-refractivity contribution < 1.29 is 161 Å². The van der Waals surface area contributed by atoms with Crippen molar-refractivity contribution in [3.63, 3.8) is 0 Å². The van der Waals surface area contributed by atoms with Crippen molar-refractivity contribution in [1.82, 2.24) is 0 Å². The largest absolute Gasteiger partial charge is 0.394 e. The van der Waals surface area contributed by atoms with Crippen LogP contribution in [0.5, 0.6) is 0 Å². The van der Waals surface area contributed by atoms with Crippen molar-refractivity contribution in [2.45, 2.75) is 148 Å². The highest BCUT2D eigenvalue weighted by molar-refractivity contribution is 4.58. The van der Waals surface area contributed by atoms with Gasteiger partial charge in [-0.25, -0.2) is 0 Å². The average Bonchev–Trinajstić information content (AvgIpc) is 0.995. The van der Waals surface area contributed by atoms with Crippen LogP contribution in [0.15, 0.2) is 0 Å². The third-order valence-electron chi connectivity index (χ3n) is 17.5. The van der Waals surface area contributed by atoms with E-state index in [2.05, 4.69) is 13.8 Å². The van der Waals surface area contributed by atoms with E-state index in [0.717, 1.165) is 26.1 Å². The van der Waals surface area contributed by atoms with Crippen LogP contribution >= 0.6 is 0 Å². The standard InChI is InChI=1S/C89H180O34/c1-3-5-7-9-11-13-15-17-19-21-24-121-87-89(88-122-25-22-20-18-16-14-12-10-8-6-4-2)123-86-85-120-84-83-119-82-81-118-80-79-117-78-77-116-76-75-115-74-73-114-72-71-113-70-69-112-68-67-111-66-65-110-64-63-109-62-61-108-60-59-107-58-57-106-56-55-105-54-53-104-52-51-103-50-49-102-48-47-101-46-45-100-44-43-99-42-41-98-40-39-97-38-37-96-36-35-95-34-33-94-32-31-93-30-29-92-28-27-91-26-23-90/h89-90H,3-88H2,1-2H3. The van der Waals surface area contributed by atoms with Crippen molar-refractivity contribution in [1.29, 1.82) is 0 Å². The fraction of sp³-hybridized carbons (Fsp3) is 1.00. The van der Waals surface area contributed by atoms with Crippen LogP contribution in [0.1, 0.15) is 142 Å². The second-order valence-corrected chi connectivity index (χ2v) is 28.1. The van der Waals surface area contributed by atoms with Crippen LogP contribution in [-0.2, 0) is 156 Å². The molecule has 0 aromatic heterocycles. The zero-order valence-electron chi connectivity index (χ0n) is 77.3. The molecule has 0 aliphatic carbocycles. The van der Waals surface area contributed by atoms with E-state index in [9.17, 15) is 0 Å². The molecule has 0 rings (SSSR count). The fourth-order valence-electron chi connectivity index (χ4n) is 10.8. The van der Waals surface area contributed by atoms with E-state index in [4.69, 9.17) is 161 Å². The van der Waals surface area contributed by atoms with E-state index in [1.54, 1.807) is 0 Å². The first kappa shape index (κ1) is 122. The van der Waals surface area contributed by atoms with E-state index in [-0.39, 0.29) is 12.7 Å². The number of hydrogen-bond acceptors (Lipinski definition) is 34. The summed E-state index contributed by atoms with van der Waals surface area (Å²) in [5.41, 5.74) is 0. The zero-order chi connectivity index (χ0) is 87.7. The average molecular weight is 1790 g/mol. The predicted octanol–water partition coefficient (Wildman–Crippen LogP) is 8.74. The molecule has 34 nitrogen and oxygen atoms in total. The van der Waals surface area contributed by atoms with Crippen LogP contribution in [0.4, 0.5) is 0 Å². The summed E-state index contributed by atoms with van der Waals surface area (Å²) in [6.07, 6.45) is 26.2. The number of hydrogen-bond donors (Lipinski definition) is 1. The maximum atomic E-state index is 8.63. The van der Waals surface area contributed by atoms with Gasteiger partial charge >= 0.3 is 0 Å². The van der Waals surface area contributed by atoms with Crippen LogP contribution in [-0.4, -0.2) is 447 Å². The molecular formula is C89H180O34. The molecule has 1 N–H and O–H groups in total.